The minimum atomic E-state index is -2.92. The minimum Gasteiger partial charge on any atom is -0.311 e. The van der Waals surface area contributed by atoms with E-state index in [1.165, 1.54) is 31.1 Å². The molecule has 1 aromatic rings. The van der Waals surface area contributed by atoms with Gasteiger partial charge in [-0.1, -0.05) is 62.8 Å². The quantitative estimate of drug-likeness (QED) is 0.643. The van der Waals surface area contributed by atoms with Gasteiger partial charge in [0.25, 0.3) is 0 Å². The van der Waals surface area contributed by atoms with E-state index in [0.29, 0.717) is 23.4 Å². The summed E-state index contributed by atoms with van der Waals surface area (Å²) >= 11 is 0. The number of nitrogens with zero attached hydrogens (tertiary/aromatic N) is 1. The molecule has 0 radical (unpaired) electrons. The predicted octanol–water partition coefficient (Wildman–Crippen LogP) is 3.99. The Morgan fingerprint density at radius 1 is 1.23 bits per heavy atom. The monoisotopic (exact) mass is 430 g/mol. The van der Waals surface area contributed by atoms with Crippen LogP contribution in [-0.4, -0.2) is 57.0 Å². The van der Waals surface area contributed by atoms with Gasteiger partial charge in [-0.15, -0.1) is 0 Å². The summed E-state index contributed by atoms with van der Waals surface area (Å²) in [5.41, 5.74) is 3.22. The molecule has 1 spiro atoms. The molecule has 2 aliphatic carbocycles. The van der Waals surface area contributed by atoms with Gasteiger partial charge < -0.3 is 10.2 Å². The molecule has 166 valence electrons. The fourth-order valence-corrected chi connectivity index (χ4v) is 7.57. The smallest absolute Gasteiger partial charge is 0.148 e. The maximum atomic E-state index is 11.6. The van der Waals surface area contributed by atoms with Gasteiger partial charge in [-0.05, 0) is 48.0 Å². The van der Waals surface area contributed by atoms with E-state index in [4.69, 9.17) is 0 Å². The number of sulfone groups is 1. The first-order valence-electron chi connectivity index (χ1n) is 11.5. The molecule has 0 bridgehead atoms. The molecule has 3 aliphatic rings. The van der Waals surface area contributed by atoms with Gasteiger partial charge in [0.1, 0.15) is 9.84 Å². The van der Waals surface area contributed by atoms with Crippen molar-refractivity contribution in [3.8, 4) is 0 Å². The van der Waals surface area contributed by atoms with E-state index in [-0.39, 0.29) is 11.2 Å². The Morgan fingerprint density at radius 2 is 1.90 bits per heavy atom. The SMILES string of the molecule is CC/C(=C\c1ccccc1)[C@@H]1C[C@H]1NC1CC2(C1)CN(CC(C)(C)CS(C)(=O)=O)C2. The summed E-state index contributed by atoms with van der Waals surface area (Å²) < 4.78 is 23.3. The lowest BCUT2D eigenvalue weighted by Crippen LogP contribution is -2.67. The van der Waals surface area contributed by atoms with Crippen LogP contribution >= 0.6 is 0 Å². The van der Waals surface area contributed by atoms with Gasteiger partial charge in [0.05, 0.1) is 5.75 Å². The summed E-state index contributed by atoms with van der Waals surface area (Å²) in [6.07, 6.45) is 8.70. The van der Waals surface area contributed by atoms with E-state index >= 15 is 0 Å². The summed E-state index contributed by atoms with van der Waals surface area (Å²) in [7, 11) is -2.92. The zero-order valence-electron chi connectivity index (χ0n) is 19.0. The fraction of sp³-hybridized carbons (Fsp3) is 0.680. The van der Waals surface area contributed by atoms with Crippen LogP contribution < -0.4 is 5.32 Å². The third-order valence-corrected chi connectivity index (χ3v) is 8.36. The molecule has 2 saturated carbocycles. The third-order valence-electron chi connectivity index (χ3n) is 7.06. The van der Waals surface area contributed by atoms with Crippen LogP contribution in [0, 0.1) is 16.7 Å². The molecule has 1 aromatic carbocycles. The lowest BCUT2D eigenvalue weighted by Gasteiger charge is -2.60. The van der Waals surface area contributed by atoms with Crippen molar-refractivity contribution in [2.45, 2.75) is 58.5 Å². The van der Waals surface area contributed by atoms with Gasteiger partial charge >= 0.3 is 0 Å². The highest BCUT2D eigenvalue weighted by atomic mass is 32.2. The van der Waals surface area contributed by atoms with Crippen molar-refractivity contribution in [3.63, 3.8) is 0 Å². The molecule has 1 saturated heterocycles. The molecule has 0 amide bonds. The number of nitrogens with one attached hydrogen (secondary N) is 1. The van der Waals surface area contributed by atoms with Gasteiger partial charge in [0.15, 0.2) is 0 Å². The van der Waals surface area contributed by atoms with Crippen molar-refractivity contribution in [3.05, 3.63) is 41.5 Å². The first-order valence-corrected chi connectivity index (χ1v) is 13.5. The minimum absolute atomic E-state index is 0.167. The second kappa shape index (κ2) is 8.07. The molecule has 1 N–H and O–H groups in total. The topological polar surface area (TPSA) is 49.4 Å². The molecule has 5 heteroatoms. The van der Waals surface area contributed by atoms with Crippen molar-refractivity contribution in [2.24, 2.45) is 16.7 Å². The molecular weight excluding hydrogens is 392 g/mol. The first-order chi connectivity index (χ1) is 14.1. The predicted molar refractivity (Wildman–Crippen MR) is 125 cm³/mol. The highest BCUT2D eigenvalue weighted by molar-refractivity contribution is 7.90. The Kier molecular flexibility index (Phi) is 5.93. The third kappa shape index (κ3) is 5.35. The van der Waals surface area contributed by atoms with Gasteiger partial charge in [-0.3, -0.25) is 0 Å². The Bertz CT molecular complexity index is 877. The largest absolute Gasteiger partial charge is 0.311 e. The summed E-state index contributed by atoms with van der Waals surface area (Å²) in [6.45, 7) is 9.59. The second-order valence-corrected chi connectivity index (χ2v) is 13.2. The lowest BCUT2D eigenvalue weighted by molar-refractivity contribution is -0.0897. The first kappa shape index (κ1) is 22.0. The normalized spacial score (nSPS) is 27.0. The lowest BCUT2D eigenvalue weighted by atomic mass is 9.60. The van der Waals surface area contributed by atoms with Crippen LogP contribution in [0.25, 0.3) is 6.08 Å². The van der Waals surface area contributed by atoms with Gasteiger partial charge in [0.2, 0.25) is 0 Å². The van der Waals surface area contributed by atoms with Gasteiger partial charge in [-0.25, -0.2) is 8.42 Å². The average Bonchev–Trinajstić information content (AvgIpc) is 3.33. The molecule has 3 fully saturated rings. The van der Waals surface area contributed by atoms with E-state index in [2.05, 4.69) is 67.4 Å². The molecule has 30 heavy (non-hydrogen) atoms. The van der Waals surface area contributed by atoms with Crippen molar-refractivity contribution in [1.82, 2.24) is 10.2 Å². The second-order valence-electron chi connectivity index (χ2n) is 11.1. The van der Waals surface area contributed by atoms with Crippen molar-refractivity contribution >= 4 is 15.9 Å². The molecule has 0 aromatic heterocycles. The summed E-state index contributed by atoms with van der Waals surface area (Å²) in [4.78, 5) is 2.46. The fourth-order valence-electron chi connectivity index (χ4n) is 6.06. The van der Waals surface area contributed by atoms with Crippen LogP contribution in [0.4, 0.5) is 0 Å². The Labute approximate surface area is 183 Å². The molecular formula is C25H38N2O2S. The summed E-state index contributed by atoms with van der Waals surface area (Å²) in [6, 6.07) is 12.0. The van der Waals surface area contributed by atoms with E-state index < -0.39 is 9.84 Å². The number of hydrogen-bond acceptors (Lipinski definition) is 4. The van der Waals surface area contributed by atoms with E-state index in [1.54, 1.807) is 5.57 Å². The molecule has 2 atom stereocenters. The van der Waals surface area contributed by atoms with Crippen LogP contribution in [0.2, 0.25) is 0 Å². The number of rotatable bonds is 9. The van der Waals surface area contributed by atoms with Crippen LogP contribution in [0.1, 0.15) is 52.0 Å². The number of likely N-dealkylation sites (tertiary alicyclic amines) is 1. The summed E-state index contributed by atoms with van der Waals surface area (Å²) in [5.74, 6) is 0.981. The molecule has 1 aliphatic heterocycles. The van der Waals surface area contributed by atoms with E-state index in [0.717, 1.165) is 26.1 Å². The van der Waals surface area contributed by atoms with E-state index in [1.807, 2.05) is 0 Å². The highest BCUT2D eigenvalue weighted by Gasteiger charge is 2.54. The van der Waals surface area contributed by atoms with Crippen LogP contribution in [0.15, 0.2) is 35.9 Å². The zero-order chi connectivity index (χ0) is 21.6. The van der Waals surface area contributed by atoms with Crippen molar-refractivity contribution < 1.29 is 8.42 Å². The molecule has 0 unspecified atom stereocenters. The molecule has 1 heterocycles. The van der Waals surface area contributed by atoms with Gasteiger partial charge in [-0.2, -0.15) is 0 Å². The van der Waals surface area contributed by atoms with Crippen molar-refractivity contribution in [2.75, 3.05) is 31.6 Å². The molecule has 4 rings (SSSR count). The molecule has 4 nitrogen and oxygen atoms in total. The maximum absolute atomic E-state index is 11.6. The van der Waals surface area contributed by atoms with E-state index in [9.17, 15) is 8.42 Å². The standard InChI is InChI=1S/C25H38N2O2S/c1-5-20(11-19-9-7-6-8-10-19)22-12-23(22)26-21-13-25(14-21)16-27(17-25)15-24(2,3)18-30(4,28)29/h6-11,21-23,26H,5,12-18H2,1-4H3/b20-11+/t22-,23+/m0/s1. The average molecular weight is 431 g/mol. The van der Waals surface area contributed by atoms with Crippen LogP contribution in [0.5, 0.6) is 0 Å². The van der Waals surface area contributed by atoms with Gasteiger partial charge in [0, 0.05) is 38.0 Å². The number of benzene rings is 1. The van der Waals surface area contributed by atoms with Crippen LogP contribution in [-0.2, 0) is 9.84 Å². The Morgan fingerprint density at radius 3 is 2.50 bits per heavy atom. The zero-order valence-corrected chi connectivity index (χ0v) is 19.8. The maximum Gasteiger partial charge on any atom is 0.148 e. The number of hydrogen-bond donors (Lipinski definition) is 1. The summed E-state index contributed by atoms with van der Waals surface area (Å²) in [5, 5.41) is 3.92. The van der Waals surface area contributed by atoms with Crippen LogP contribution in [0.3, 0.4) is 0 Å². The Hall–Kier alpha value is -1.17. The Balaban J connectivity index is 1.19. The van der Waals surface area contributed by atoms with Crippen molar-refractivity contribution in [1.29, 1.82) is 0 Å². The highest BCUT2D eigenvalue weighted by Crippen LogP contribution is 2.50.